The van der Waals surface area contributed by atoms with E-state index in [9.17, 15) is 4.39 Å². The van der Waals surface area contributed by atoms with Crippen molar-refractivity contribution in [1.82, 2.24) is 9.80 Å². The molecular weight excluding hydrogens is 217 g/mol. The topological polar surface area (TPSA) is 30.3 Å². The maximum Gasteiger partial charge on any atom is 0.128 e. The van der Waals surface area contributed by atoms with Crippen molar-refractivity contribution in [3.8, 4) is 0 Å². The molecule has 0 bridgehead atoms. The van der Waals surface area contributed by atoms with Crippen molar-refractivity contribution in [3.05, 3.63) is 35.1 Å². The smallest absolute Gasteiger partial charge is 0.128 e. The Labute approximate surface area is 101 Å². The summed E-state index contributed by atoms with van der Waals surface area (Å²) in [6, 6.07) is 4.63. The van der Waals surface area contributed by atoms with Crippen LogP contribution in [0.5, 0.6) is 0 Å². The zero-order valence-electron chi connectivity index (χ0n) is 10.3. The van der Waals surface area contributed by atoms with Gasteiger partial charge >= 0.3 is 0 Å². The first-order valence-corrected chi connectivity index (χ1v) is 5.86. The minimum Gasteiger partial charge on any atom is -0.354 e. The van der Waals surface area contributed by atoms with E-state index in [0.717, 1.165) is 31.7 Å². The Balaban J connectivity index is 2.16. The highest BCUT2D eigenvalue weighted by Gasteiger charge is 2.18. The summed E-state index contributed by atoms with van der Waals surface area (Å²) >= 11 is 0. The molecule has 2 rings (SSSR count). The first-order chi connectivity index (χ1) is 8.08. The molecule has 1 aliphatic rings. The number of likely N-dealkylation sites (N-methyl/N-ethyl adjacent to an activating group) is 1. The number of aryl methyl sites for hydroxylation is 1. The molecule has 0 atom stereocenters. The molecule has 0 amide bonds. The van der Waals surface area contributed by atoms with E-state index in [1.807, 2.05) is 11.8 Å². The van der Waals surface area contributed by atoms with E-state index in [1.54, 1.807) is 6.07 Å². The minimum atomic E-state index is -0.274. The van der Waals surface area contributed by atoms with Gasteiger partial charge in [0, 0.05) is 31.7 Å². The molecule has 17 heavy (non-hydrogen) atoms. The molecule has 1 aliphatic heterocycles. The fourth-order valence-electron chi connectivity index (χ4n) is 2.05. The predicted octanol–water partition coefficient (Wildman–Crippen LogP) is 1.71. The van der Waals surface area contributed by atoms with Crippen molar-refractivity contribution in [2.75, 3.05) is 33.2 Å². The molecule has 1 N–H and O–H groups in total. The lowest BCUT2D eigenvalue weighted by molar-refractivity contribution is 0.215. The lowest BCUT2D eigenvalue weighted by atomic mass is 10.1. The van der Waals surface area contributed by atoms with Crippen molar-refractivity contribution >= 4 is 5.84 Å². The van der Waals surface area contributed by atoms with Crippen molar-refractivity contribution in [2.45, 2.75) is 6.92 Å². The van der Waals surface area contributed by atoms with Gasteiger partial charge in [0.25, 0.3) is 0 Å². The van der Waals surface area contributed by atoms with Crippen molar-refractivity contribution in [1.29, 1.82) is 5.41 Å². The van der Waals surface area contributed by atoms with Gasteiger partial charge in [-0.2, -0.15) is 0 Å². The van der Waals surface area contributed by atoms with Gasteiger partial charge in [-0.1, -0.05) is 6.07 Å². The summed E-state index contributed by atoms with van der Waals surface area (Å²) in [7, 11) is 2.08. The van der Waals surface area contributed by atoms with E-state index < -0.39 is 0 Å². The normalized spacial score (nSPS) is 17.2. The van der Waals surface area contributed by atoms with Crippen molar-refractivity contribution in [2.24, 2.45) is 0 Å². The van der Waals surface area contributed by atoms with Gasteiger partial charge in [-0.25, -0.2) is 4.39 Å². The fourth-order valence-corrected chi connectivity index (χ4v) is 2.05. The van der Waals surface area contributed by atoms with Gasteiger partial charge in [-0.15, -0.1) is 0 Å². The zero-order valence-corrected chi connectivity index (χ0v) is 10.3. The van der Waals surface area contributed by atoms with Crippen LogP contribution in [0, 0.1) is 18.2 Å². The second kappa shape index (κ2) is 4.84. The summed E-state index contributed by atoms with van der Waals surface area (Å²) < 4.78 is 13.2. The Morgan fingerprint density at radius 1 is 1.24 bits per heavy atom. The SMILES string of the molecule is Cc1ccc(F)cc1C(=N)N1CCN(C)CC1. The van der Waals surface area contributed by atoms with Crippen molar-refractivity contribution in [3.63, 3.8) is 0 Å². The van der Waals surface area contributed by atoms with Crippen LogP contribution in [0.3, 0.4) is 0 Å². The third kappa shape index (κ3) is 2.64. The van der Waals surface area contributed by atoms with Crippen molar-refractivity contribution < 1.29 is 4.39 Å². The number of nitrogens with zero attached hydrogens (tertiary/aromatic N) is 2. The highest BCUT2D eigenvalue weighted by atomic mass is 19.1. The summed E-state index contributed by atoms with van der Waals surface area (Å²) in [5.74, 6) is 0.166. The van der Waals surface area contributed by atoms with Crippen LogP contribution in [-0.2, 0) is 0 Å². The number of piperazine rings is 1. The summed E-state index contributed by atoms with van der Waals surface area (Å²) in [4.78, 5) is 4.25. The molecule has 0 aliphatic carbocycles. The Morgan fingerprint density at radius 3 is 2.53 bits per heavy atom. The number of amidine groups is 1. The Hall–Kier alpha value is -1.42. The quantitative estimate of drug-likeness (QED) is 0.593. The number of nitrogens with one attached hydrogen (secondary N) is 1. The molecule has 92 valence electrons. The highest BCUT2D eigenvalue weighted by Crippen LogP contribution is 2.14. The average molecular weight is 235 g/mol. The molecule has 0 radical (unpaired) electrons. The molecule has 1 heterocycles. The Kier molecular flexibility index (Phi) is 3.43. The van der Waals surface area contributed by atoms with E-state index >= 15 is 0 Å². The Bertz CT molecular complexity index is 423. The van der Waals surface area contributed by atoms with Crippen LogP contribution in [0.4, 0.5) is 4.39 Å². The third-order valence-corrected chi connectivity index (χ3v) is 3.27. The summed E-state index contributed by atoms with van der Waals surface area (Å²) in [6.07, 6.45) is 0. The van der Waals surface area contributed by atoms with Crippen LogP contribution in [0.25, 0.3) is 0 Å². The number of benzene rings is 1. The van der Waals surface area contributed by atoms with Gasteiger partial charge in [0.15, 0.2) is 0 Å². The lowest BCUT2D eigenvalue weighted by Gasteiger charge is -2.34. The first-order valence-electron chi connectivity index (χ1n) is 5.86. The third-order valence-electron chi connectivity index (χ3n) is 3.27. The molecule has 1 fully saturated rings. The van der Waals surface area contributed by atoms with E-state index in [2.05, 4.69) is 11.9 Å². The average Bonchev–Trinajstić information content (AvgIpc) is 2.32. The van der Waals surface area contributed by atoms with Gasteiger partial charge in [0.1, 0.15) is 11.7 Å². The molecule has 1 aromatic rings. The van der Waals surface area contributed by atoms with Crippen LogP contribution < -0.4 is 0 Å². The van der Waals surface area contributed by atoms with Crippen LogP contribution in [-0.4, -0.2) is 48.9 Å². The first kappa shape index (κ1) is 12.0. The molecule has 0 unspecified atom stereocenters. The standard InChI is InChI=1S/C13H18FN3/c1-10-3-4-11(14)9-12(10)13(15)17-7-5-16(2)6-8-17/h3-4,9,15H,5-8H2,1-2H3. The highest BCUT2D eigenvalue weighted by molar-refractivity contribution is 5.97. The fraction of sp³-hybridized carbons (Fsp3) is 0.462. The Morgan fingerprint density at radius 2 is 1.88 bits per heavy atom. The number of halogens is 1. The molecule has 0 saturated carbocycles. The predicted molar refractivity (Wildman–Crippen MR) is 67.0 cm³/mol. The number of rotatable bonds is 1. The second-order valence-electron chi connectivity index (χ2n) is 4.60. The van der Waals surface area contributed by atoms with E-state index in [-0.39, 0.29) is 5.82 Å². The lowest BCUT2D eigenvalue weighted by Crippen LogP contribution is -2.47. The minimum absolute atomic E-state index is 0.274. The summed E-state index contributed by atoms with van der Waals surface area (Å²) in [5.41, 5.74) is 1.66. The molecule has 3 nitrogen and oxygen atoms in total. The molecule has 1 aromatic carbocycles. The van der Waals surface area contributed by atoms with Gasteiger partial charge in [-0.05, 0) is 31.7 Å². The summed E-state index contributed by atoms with van der Waals surface area (Å²) in [5, 5.41) is 8.17. The maximum atomic E-state index is 13.2. The molecule has 1 saturated heterocycles. The van der Waals surface area contributed by atoms with Gasteiger partial charge in [0.05, 0.1) is 0 Å². The van der Waals surface area contributed by atoms with Crippen LogP contribution in [0.15, 0.2) is 18.2 Å². The van der Waals surface area contributed by atoms with Gasteiger partial charge < -0.3 is 9.80 Å². The van der Waals surface area contributed by atoms with Crippen LogP contribution in [0.1, 0.15) is 11.1 Å². The molecule has 4 heteroatoms. The zero-order chi connectivity index (χ0) is 12.4. The number of hydrogen-bond donors (Lipinski definition) is 1. The van der Waals surface area contributed by atoms with E-state index in [4.69, 9.17) is 5.41 Å². The molecule has 0 aromatic heterocycles. The van der Waals surface area contributed by atoms with E-state index in [0.29, 0.717) is 11.4 Å². The summed E-state index contributed by atoms with van der Waals surface area (Å²) in [6.45, 7) is 5.50. The monoisotopic (exact) mass is 235 g/mol. The van der Waals surface area contributed by atoms with Crippen LogP contribution >= 0.6 is 0 Å². The van der Waals surface area contributed by atoms with E-state index in [1.165, 1.54) is 12.1 Å². The molecular formula is C13H18FN3. The van der Waals surface area contributed by atoms with Crippen LogP contribution in [0.2, 0.25) is 0 Å². The number of hydrogen-bond acceptors (Lipinski definition) is 2. The van der Waals surface area contributed by atoms with Gasteiger partial charge in [-0.3, -0.25) is 5.41 Å². The second-order valence-corrected chi connectivity index (χ2v) is 4.60. The van der Waals surface area contributed by atoms with Gasteiger partial charge in [0.2, 0.25) is 0 Å². The maximum absolute atomic E-state index is 13.2. The molecule has 0 spiro atoms. The largest absolute Gasteiger partial charge is 0.354 e.